The summed E-state index contributed by atoms with van der Waals surface area (Å²) in [5, 5.41) is 0. The Morgan fingerprint density at radius 3 is 2.47 bits per heavy atom. The molecule has 0 spiro atoms. The summed E-state index contributed by atoms with van der Waals surface area (Å²) in [7, 11) is 1.31. The highest BCUT2D eigenvalue weighted by Crippen LogP contribution is 2.11. The van der Waals surface area contributed by atoms with Gasteiger partial charge < -0.3 is 14.2 Å². The summed E-state index contributed by atoms with van der Waals surface area (Å²) in [6, 6.07) is 0. The van der Waals surface area contributed by atoms with Crippen molar-refractivity contribution in [3.63, 3.8) is 0 Å². The van der Waals surface area contributed by atoms with Gasteiger partial charge in [0.2, 0.25) is 0 Å². The molecule has 0 amide bonds. The summed E-state index contributed by atoms with van der Waals surface area (Å²) in [5.41, 5.74) is 0. The maximum Gasteiger partial charge on any atom is 0.305 e. The van der Waals surface area contributed by atoms with Crippen LogP contribution in [-0.2, 0) is 23.8 Å². The van der Waals surface area contributed by atoms with Crippen LogP contribution in [0, 0.1) is 0 Å². The minimum absolute atomic E-state index is 0.0412. The monoisotopic (exact) mass is 216 g/mol. The van der Waals surface area contributed by atoms with Crippen molar-refractivity contribution in [3.05, 3.63) is 0 Å². The Balaban J connectivity index is 2.05. The lowest BCUT2D eigenvalue weighted by Gasteiger charge is -2.07. The molecule has 0 bridgehead atoms. The summed E-state index contributed by atoms with van der Waals surface area (Å²) in [4.78, 5) is 22.1. The van der Waals surface area contributed by atoms with E-state index in [9.17, 15) is 9.59 Å². The molecule has 86 valence electrons. The van der Waals surface area contributed by atoms with Crippen LogP contribution < -0.4 is 0 Å². The fraction of sp³-hybridized carbons (Fsp3) is 0.800. The predicted octanol–water partition coefficient (Wildman–Crippen LogP) is 0.662. The largest absolute Gasteiger partial charge is 0.469 e. The van der Waals surface area contributed by atoms with Crippen LogP contribution in [0.1, 0.15) is 25.7 Å². The van der Waals surface area contributed by atoms with Crippen molar-refractivity contribution in [1.82, 2.24) is 0 Å². The van der Waals surface area contributed by atoms with E-state index in [2.05, 4.69) is 4.74 Å². The molecular weight excluding hydrogens is 200 g/mol. The zero-order valence-corrected chi connectivity index (χ0v) is 8.86. The smallest absolute Gasteiger partial charge is 0.305 e. The van der Waals surface area contributed by atoms with Gasteiger partial charge >= 0.3 is 5.97 Å². The van der Waals surface area contributed by atoms with Gasteiger partial charge in [-0.3, -0.25) is 9.59 Å². The van der Waals surface area contributed by atoms with Crippen LogP contribution in [0.3, 0.4) is 0 Å². The highest BCUT2D eigenvalue weighted by Gasteiger charge is 2.17. The standard InChI is InChI=1S/C10H16O5/c1-13-9(12)4-2-8(11)3-5-10-14-6-7-15-10/h10H,2-7H2,1H3. The first-order valence-electron chi connectivity index (χ1n) is 5.04. The van der Waals surface area contributed by atoms with Gasteiger partial charge in [-0.2, -0.15) is 0 Å². The van der Waals surface area contributed by atoms with E-state index in [0.29, 0.717) is 26.1 Å². The Kier molecular flexibility index (Phi) is 5.28. The summed E-state index contributed by atoms with van der Waals surface area (Å²) in [6.45, 7) is 1.20. The molecule has 5 heteroatoms. The molecule has 0 atom stereocenters. The van der Waals surface area contributed by atoms with Gasteiger partial charge in [0.1, 0.15) is 5.78 Å². The number of hydrogen-bond donors (Lipinski definition) is 0. The quantitative estimate of drug-likeness (QED) is 0.610. The van der Waals surface area contributed by atoms with Crippen molar-refractivity contribution >= 4 is 11.8 Å². The Bertz CT molecular complexity index is 220. The third-order valence-corrected chi connectivity index (χ3v) is 2.19. The van der Waals surface area contributed by atoms with Crippen molar-refractivity contribution in [2.45, 2.75) is 32.0 Å². The molecule has 5 nitrogen and oxygen atoms in total. The van der Waals surface area contributed by atoms with Gasteiger partial charge in [0.25, 0.3) is 0 Å². The van der Waals surface area contributed by atoms with Gasteiger partial charge in [-0.05, 0) is 0 Å². The van der Waals surface area contributed by atoms with Crippen LogP contribution in [0.4, 0.5) is 0 Å². The summed E-state index contributed by atoms with van der Waals surface area (Å²) in [6.07, 6.45) is 1.11. The van der Waals surface area contributed by atoms with Crippen LogP contribution in [0.2, 0.25) is 0 Å². The molecule has 1 heterocycles. The molecule has 0 unspecified atom stereocenters. The van der Waals surface area contributed by atoms with Crippen molar-refractivity contribution in [3.8, 4) is 0 Å². The molecular formula is C10H16O5. The molecule has 0 N–H and O–H groups in total. The number of Topliss-reactive ketones (excluding diaryl/α,β-unsaturated/α-hetero) is 1. The van der Waals surface area contributed by atoms with Crippen LogP contribution in [0.25, 0.3) is 0 Å². The number of carbonyl (C=O) groups is 2. The third-order valence-electron chi connectivity index (χ3n) is 2.19. The average molecular weight is 216 g/mol. The Morgan fingerprint density at radius 1 is 1.20 bits per heavy atom. The Hall–Kier alpha value is -0.940. The third kappa shape index (κ3) is 4.90. The highest BCUT2D eigenvalue weighted by molar-refractivity contribution is 5.82. The number of methoxy groups -OCH3 is 1. The van der Waals surface area contributed by atoms with Crippen LogP contribution in [-0.4, -0.2) is 38.4 Å². The van der Waals surface area contributed by atoms with E-state index < -0.39 is 0 Å². The molecule has 15 heavy (non-hydrogen) atoms. The van der Waals surface area contributed by atoms with E-state index in [1.54, 1.807) is 0 Å². The SMILES string of the molecule is COC(=O)CCC(=O)CCC1OCCO1. The van der Waals surface area contributed by atoms with Crippen molar-refractivity contribution in [1.29, 1.82) is 0 Å². The van der Waals surface area contributed by atoms with E-state index in [1.807, 2.05) is 0 Å². The molecule has 0 aromatic rings. The molecule has 1 aliphatic rings. The van der Waals surface area contributed by atoms with Crippen LogP contribution in [0.15, 0.2) is 0 Å². The van der Waals surface area contributed by atoms with Crippen molar-refractivity contribution in [2.75, 3.05) is 20.3 Å². The maximum atomic E-state index is 11.3. The Labute approximate surface area is 88.7 Å². The summed E-state index contributed by atoms with van der Waals surface area (Å²) >= 11 is 0. The van der Waals surface area contributed by atoms with Crippen molar-refractivity contribution < 1.29 is 23.8 Å². The average Bonchev–Trinajstić information content (AvgIpc) is 2.75. The van der Waals surface area contributed by atoms with Gasteiger partial charge in [-0.1, -0.05) is 0 Å². The molecule has 0 radical (unpaired) electrons. The fourth-order valence-electron chi connectivity index (χ4n) is 1.32. The molecule has 0 aliphatic carbocycles. The van der Waals surface area contributed by atoms with Gasteiger partial charge in [-0.15, -0.1) is 0 Å². The minimum Gasteiger partial charge on any atom is -0.469 e. The zero-order valence-electron chi connectivity index (χ0n) is 8.86. The summed E-state index contributed by atoms with van der Waals surface area (Å²) < 4.78 is 14.8. The number of ether oxygens (including phenoxy) is 3. The maximum absolute atomic E-state index is 11.3. The first-order chi connectivity index (χ1) is 7.22. The topological polar surface area (TPSA) is 61.8 Å². The lowest BCUT2D eigenvalue weighted by Crippen LogP contribution is -2.11. The second-order valence-electron chi connectivity index (χ2n) is 3.32. The van der Waals surface area contributed by atoms with E-state index in [4.69, 9.17) is 9.47 Å². The normalized spacial score (nSPS) is 16.6. The van der Waals surface area contributed by atoms with E-state index >= 15 is 0 Å². The predicted molar refractivity (Wildman–Crippen MR) is 51.2 cm³/mol. The van der Waals surface area contributed by atoms with E-state index in [1.165, 1.54) is 7.11 Å². The second kappa shape index (κ2) is 6.53. The van der Waals surface area contributed by atoms with Gasteiger partial charge in [0, 0.05) is 19.3 Å². The number of hydrogen-bond acceptors (Lipinski definition) is 5. The molecule has 0 saturated carbocycles. The number of ketones is 1. The molecule has 1 aliphatic heterocycles. The van der Waals surface area contributed by atoms with Gasteiger partial charge in [-0.25, -0.2) is 0 Å². The first-order valence-corrected chi connectivity index (χ1v) is 5.04. The minimum atomic E-state index is -0.350. The van der Waals surface area contributed by atoms with Crippen molar-refractivity contribution in [2.24, 2.45) is 0 Å². The van der Waals surface area contributed by atoms with E-state index in [-0.39, 0.29) is 30.9 Å². The molecule has 0 aromatic heterocycles. The fourth-order valence-corrected chi connectivity index (χ4v) is 1.32. The Morgan fingerprint density at radius 2 is 1.87 bits per heavy atom. The van der Waals surface area contributed by atoms with E-state index in [0.717, 1.165) is 0 Å². The van der Waals surface area contributed by atoms with Crippen LogP contribution >= 0.6 is 0 Å². The molecule has 0 aromatic carbocycles. The second-order valence-corrected chi connectivity index (χ2v) is 3.32. The molecule has 1 rings (SSSR count). The lowest BCUT2D eigenvalue weighted by molar-refractivity contribution is -0.142. The number of carbonyl (C=O) groups excluding carboxylic acids is 2. The van der Waals surface area contributed by atoms with Crippen LogP contribution in [0.5, 0.6) is 0 Å². The zero-order chi connectivity index (χ0) is 11.1. The number of rotatable bonds is 6. The van der Waals surface area contributed by atoms with Gasteiger partial charge in [0.05, 0.1) is 26.7 Å². The highest BCUT2D eigenvalue weighted by atomic mass is 16.7. The molecule has 1 saturated heterocycles. The molecule has 1 fully saturated rings. The summed E-state index contributed by atoms with van der Waals surface area (Å²) in [5.74, 6) is -0.309. The van der Waals surface area contributed by atoms with Gasteiger partial charge in [0.15, 0.2) is 6.29 Å². The first kappa shape index (κ1) is 12.1. The lowest BCUT2D eigenvalue weighted by atomic mass is 10.1. The number of esters is 1.